The number of benzene rings is 1. The number of carbonyl (C=O) groups excluding carboxylic acids is 4. The molecule has 1 aromatic rings. The minimum absolute atomic E-state index is 0.115. The summed E-state index contributed by atoms with van der Waals surface area (Å²) >= 11 is 0. The predicted octanol–water partition coefficient (Wildman–Crippen LogP) is 0.276. The molecule has 0 aromatic heterocycles. The van der Waals surface area contributed by atoms with E-state index in [9.17, 15) is 19.2 Å². The number of hydrogen-bond acceptors (Lipinski definition) is 6. The van der Waals surface area contributed by atoms with E-state index in [4.69, 9.17) is 0 Å². The second-order valence-electron chi connectivity index (χ2n) is 7.32. The molecule has 0 radical (unpaired) electrons. The number of carbonyl (C=O) groups is 4. The first-order valence-electron chi connectivity index (χ1n) is 9.26. The number of nitrogens with zero attached hydrogens (tertiary/aromatic N) is 2. The van der Waals surface area contributed by atoms with Crippen LogP contribution in [0.5, 0.6) is 0 Å². The van der Waals surface area contributed by atoms with Crippen molar-refractivity contribution >= 4 is 29.3 Å². The van der Waals surface area contributed by atoms with Crippen LogP contribution in [0, 0.1) is 0 Å². The van der Waals surface area contributed by atoms with Gasteiger partial charge in [-0.05, 0) is 37.9 Å². The average molecular weight is 370 g/mol. The Labute approximate surface area is 156 Å². The highest BCUT2D eigenvalue weighted by atomic mass is 16.2. The number of likely N-dealkylation sites (N-methyl/N-ethyl adjacent to an activating group) is 1. The van der Waals surface area contributed by atoms with Crippen molar-refractivity contribution in [3.63, 3.8) is 0 Å². The van der Waals surface area contributed by atoms with Gasteiger partial charge in [0.15, 0.2) is 0 Å². The summed E-state index contributed by atoms with van der Waals surface area (Å²) in [7, 11) is 1.90. The van der Waals surface area contributed by atoms with Crippen LogP contribution in [0.3, 0.4) is 0 Å². The van der Waals surface area contributed by atoms with Gasteiger partial charge in [-0.1, -0.05) is 6.07 Å². The SMILES string of the molecule is CN(C[C@@H]1CCCN1)c1cccc2c1C(=O)N(C1CCC(=O)NC1=O)C2=O. The van der Waals surface area contributed by atoms with E-state index >= 15 is 0 Å². The second kappa shape index (κ2) is 6.77. The molecule has 0 saturated carbocycles. The molecular weight excluding hydrogens is 348 g/mol. The van der Waals surface area contributed by atoms with E-state index in [0.717, 1.165) is 30.8 Å². The number of amides is 4. The van der Waals surface area contributed by atoms with Crippen LogP contribution >= 0.6 is 0 Å². The van der Waals surface area contributed by atoms with E-state index in [1.165, 1.54) is 0 Å². The fraction of sp³-hybridized carbons (Fsp3) is 0.474. The quantitative estimate of drug-likeness (QED) is 0.739. The summed E-state index contributed by atoms with van der Waals surface area (Å²) in [5.74, 6) is -1.91. The first kappa shape index (κ1) is 17.7. The zero-order valence-corrected chi connectivity index (χ0v) is 15.2. The maximum absolute atomic E-state index is 13.1. The van der Waals surface area contributed by atoms with Gasteiger partial charge in [0, 0.05) is 26.1 Å². The van der Waals surface area contributed by atoms with Crippen LogP contribution in [0.1, 0.15) is 46.4 Å². The predicted molar refractivity (Wildman–Crippen MR) is 97.4 cm³/mol. The van der Waals surface area contributed by atoms with Crippen LogP contribution in [0.15, 0.2) is 18.2 Å². The van der Waals surface area contributed by atoms with Gasteiger partial charge in [0.1, 0.15) is 6.04 Å². The van der Waals surface area contributed by atoms with Gasteiger partial charge in [0.25, 0.3) is 11.8 Å². The molecule has 4 amide bonds. The summed E-state index contributed by atoms with van der Waals surface area (Å²) in [5.41, 5.74) is 1.34. The largest absolute Gasteiger partial charge is 0.372 e. The average Bonchev–Trinajstić information content (AvgIpc) is 3.23. The molecule has 2 fully saturated rings. The van der Waals surface area contributed by atoms with E-state index in [1.807, 2.05) is 18.0 Å². The molecule has 8 nitrogen and oxygen atoms in total. The molecule has 0 spiro atoms. The number of rotatable bonds is 4. The first-order valence-corrected chi connectivity index (χ1v) is 9.26. The topological polar surface area (TPSA) is 98.8 Å². The van der Waals surface area contributed by atoms with Gasteiger partial charge in [0.2, 0.25) is 11.8 Å². The highest BCUT2D eigenvalue weighted by molar-refractivity contribution is 6.25. The van der Waals surface area contributed by atoms with Gasteiger partial charge >= 0.3 is 0 Å². The van der Waals surface area contributed by atoms with Crippen LogP contribution in [0.2, 0.25) is 0 Å². The number of nitrogens with one attached hydrogen (secondary N) is 2. The maximum atomic E-state index is 13.1. The molecule has 142 valence electrons. The molecule has 0 bridgehead atoms. The standard InChI is InChI=1S/C19H22N4O4/c1-22(10-11-4-3-9-20-11)13-6-2-5-12-16(13)19(27)23(18(12)26)14-7-8-15(24)21-17(14)25/h2,5-6,11,14,20H,3-4,7-10H2,1H3,(H,21,24,25)/t11-,14?/m0/s1. The smallest absolute Gasteiger partial charge is 0.264 e. The Balaban J connectivity index is 1.63. The van der Waals surface area contributed by atoms with Gasteiger partial charge in [-0.15, -0.1) is 0 Å². The monoisotopic (exact) mass is 370 g/mol. The molecule has 3 aliphatic rings. The Morgan fingerprint density at radius 1 is 1.15 bits per heavy atom. The molecular formula is C19H22N4O4. The second-order valence-corrected chi connectivity index (χ2v) is 7.32. The van der Waals surface area contributed by atoms with Crippen LogP contribution in [-0.2, 0) is 9.59 Å². The lowest BCUT2D eigenvalue weighted by Gasteiger charge is -2.28. The Hall–Kier alpha value is -2.74. The lowest BCUT2D eigenvalue weighted by molar-refractivity contribution is -0.136. The van der Waals surface area contributed by atoms with Crippen molar-refractivity contribution in [2.45, 2.75) is 37.8 Å². The third kappa shape index (κ3) is 2.99. The van der Waals surface area contributed by atoms with Gasteiger partial charge in [-0.3, -0.25) is 29.4 Å². The van der Waals surface area contributed by atoms with Crippen molar-refractivity contribution in [2.24, 2.45) is 0 Å². The zero-order chi connectivity index (χ0) is 19.1. The number of hydrogen-bond donors (Lipinski definition) is 2. The fourth-order valence-electron chi connectivity index (χ4n) is 4.16. The molecule has 3 aliphatic heterocycles. The summed E-state index contributed by atoms with van der Waals surface area (Å²) in [6.45, 7) is 1.72. The van der Waals surface area contributed by atoms with Crippen molar-refractivity contribution in [1.82, 2.24) is 15.5 Å². The van der Waals surface area contributed by atoms with Crippen molar-refractivity contribution in [3.8, 4) is 0 Å². The van der Waals surface area contributed by atoms with Crippen LogP contribution in [0.4, 0.5) is 5.69 Å². The summed E-state index contributed by atoms with van der Waals surface area (Å²) in [5, 5.41) is 5.64. The van der Waals surface area contributed by atoms with E-state index in [-0.39, 0.29) is 18.7 Å². The molecule has 2 N–H and O–H groups in total. The molecule has 3 heterocycles. The molecule has 27 heavy (non-hydrogen) atoms. The van der Waals surface area contributed by atoms with E-state index in [1.54, 1.807) is 12.1 Å². The highest BCUT2D eigenvalue weighted by Crippen LogP contribution is 2.34. The molecule has 4 rings (SSSR count). The van der Waals surface area contributed by atoms with Crippen molar-refractivity contribution < 1.29 is 19.2 Å². The maximum Gasteiger partial charge on any atom is 0.264 e. The van der Waals surface area contributed by atoms with Crippen LogP contribution in [0.25, 0.3) is 0 Å². The number of fused-ring (bicyclic) bond motifs is 1. The first-order chi connectivity index (χ1) is 13.0. The number of piperidine rings is 1. The fourth-order valence-corrected chi connectivity index (χ4v) is 4.16. The third-order valence-corrected chi connectivity index (χ3v) is 5.51. The zero-order valence-electron chi connectivity index (χ0n) is 15.2. The lowest BCUT2D eigenvalue weighted by atomic mass is 10.0. The molecule has 1 aromatic carbocycles. The van der Waals surface area contributed by atoms with Gasteiger partial charge in [-0.2, -0.15) is 0 Å². The highest BCUT2D eigenvalue weighted by Gasteiger charge is 2.45. The summed E-state index contributed by atoms with van der Waals surface area (Å²) in [6.07, 6.45) is 2.48. The molecule has 8 heteroatoms. The summed E-state index contributed by atoms with van der Waals surface area (Å²) in [6, 6.07) is 4.61. The Kier molecular flexibility index (Phi) is 4.43. The van der Waals surface area contributed by atoms with Crippen LogP contribution < -0.4 is 15.5 Å². The normalized spacial score (nSPS) is 25.0. The minimum Gasteiger partial charge on any atom is -0.372 e. The van der Waals surface area contributed by atoms with Gasteiger partial charge in [-0.25, -0.2) is 0 Å². The van der Waals surface area contributed by atoms with Gasteiger partial charge in [0.05, 0.1) is 16.8 Å². The molecule has 2 atom stereocenters. The molecule has 0 aliphatic carbocycles. The Morgan fingerprint density at radius 3 is 2.67 bits per heavy atom. The number of imide groups is 2. The third-order valence-electron chi connectivity index (χ3n) is 5.51. The van der Waals surface area contributed by atoms with E-state index in [2.05, 4.69) is 10.6 Å². The molecule has 2 saturated heterocycles. The lowest BCUT2D eigenvalue weighted by Crippen LogP contribution is -2.54. The Bertz CT molecular complexity index is 831. The Morgan fingerprint density at radius 2 is 1.96 bits per heavy atom. The minimum atomic E-state index is -0.940. The van der Waals surface area contributed by atoms with Gasteiger partial charge < -0.3 is 10.2 Å². The van der Waals surface area contributed by atoms with Crippen molar-refractivity contribution in [1.29, 1.82) is 0 Å². The van der Waals surface area contributed by atoms with Crippen molar-refractivity contribution in [2.75, 3.05) is 25.0 Å². The van der Waals surface area contributed by atoms with E-state index < -0.39 is 23.8 Å². The molecule has 1 unspecified atom stereocenters. The summed E-state index contributed by atoms with van der Waals surface area (Å²) in [4.78, 5) is 52.5. The van der Waals surface area contributed by atoms with E-state index in [0.29, 0.717) is 22.9 Å². The number of anilines is 1. The summed E-state index contributed by atoms with van der Waals surface area (Å²) < 4.78 is 0. The van der Waals surface area contributed by atoms with Crippen LogP contribution in [-0.4, -0.2) is 60.7 Å². The van der Waals surface area contributed by atoms with Crippen molar-refractivity contribution in [3.05, 3.63) is 29.3 Å².